The van der Waals surface area contributed by atoms with Crippen molar-refractivity contribution in [2.75, 3.05) is 5.32 Å². The lowest BCUT2D eigenvalue weighted by molar-refractivity contribution is 0.548. The summed E-state index contributed by atoms with van der Waals surface area (Å²) < 4.78 is 42.7. The monoisotopic (exact) mass is 339 g/mol. The van der Waals surface area contributed by atoms with Crippen molar-refractivity contribution in [3.05, 3.63) is 53.3 Å². The fraction of sp³-hybridized carbons (Fsp3) is 0.0714. The van der Waals surface area contributed by atoms with E-state index in [1.165, 1.54) is 10.8 Å². The molecule has 0 unspecified atom stereocenters. The summed E-state index contributed by atoms with van der Waals surface area (Å²) in [5.74, 6) is -3.02. The predicted molar refractivity (Wildman–Crippen MR) is 79.5 cm³/mol. The van der Waals surface area contributed by atoms with E-state index in [0.29, 0.717) is 17.8 Å². The van der Waals surface area contributed by atoms with Crippen molar-refractivity contribution in [2.24, 2.45) is 0 Å². The Hall–Kier alpha value is -2.61. The Morgan fingerprint density at radius 3 is 2.48 bits per heavy atom. The number of nitrogens with one attached hydrogen (secondary N) is 1. The van der Waals surface area contributed by atoms with Crippen LogP contribution in [0.3, 0.4) is 0 Å². The van der Waals surface area contributed by atoms with E-state index in [9.17, 15) is 13.2 Å². The van der Waals surface area contributed by atoms with Crippen molar-refractivity contribution < 1.29 is 13.2 Å². The van der Waals surface area contributed by atoms with E-state index >= 15 is 0 Å². The third-order valence-electron chi connectivity index (χ3n) is 2.97. The second-order valence-electron chi connectivity index (χ2n) is 4.75. The molecule has 0 saturated heterocycles. The first-order valence-electron chi connectivity index (χ1n) is 6.35. The van der Waals surface area contributed by atoms with Gasteiger partial charge in [0.2, 0.25) is 0 Å². The Kier molecular flexibility index (Phi) is 3.69. The number of fused-ring (bicyclic) bond motifs is 1. The third kappa shape index (κ3) is 2.61. The number of hydrogen-bond acceptors (Lipinski definition) is 4. The summed E-state index contributed by atoms with van der Waals surface area (Å²) in [5, 5.41) is 6.55. The number of aromatic nitrogens is 4. The van der Waals surface area contributed by atoms with Crippen molar-refractivity contribution in [3.63, 3.8) is 0 Å². The van der Waals surface area contributed by atoms with Crippen LogP contribution in [0.2, 0.25) is 5.15 Å². The molecule has 0 saturated carbocycles. The van der Waals surface area contributed by atoms with Gasteiger partial charge in [-0.25, -0.2) is 13.2 Å². The lowest BCUT2D eigenvalue weighted by atomic mass is 10.1. The van der Waals surface area contributed by atoms with Crippen molar-refractivity contribution in [1.82, 2.24) is 19.6 Å². The summed E-state index contributed by atoms with van der Waals surface area (Å²) in [5.41, 5.74) is -0.166. The van der Waals surface area contributed by atoms with Gasteiger partial charge >= 0.3 is 0 Å². The van der Waals surface area contributed by atoms with E-state index in [0.717, 1.165) is 0 Å². The minimum absolute atomic E-state index is 0.109. The average Bonchev–Trinajstić information content (AvgIpc) is 2.88. The van der Waals surface area contributed by atoms with Crippen molar-refractivity contribution in [3.8, 4) is 11.1 Å². The van der Waals surface area contributed by atoms with Crippen molar-refractivity contribution >= 4 is 23.2 Å². The molecule has 0 radical (unpaired) electrons. The van der Waals surface area contributed by atoms with E-state index < -0.39 is 23.0 Å². The summed E-state index contributed by atoms with van der Waals surface area (Å²) >= 11 is 6.08. The van der Waals surface area contributed by atoms with Gasteiger partial charge < -0.3 is 5.32 Å². The van der Waals surface area contributed by atoms with Gasteiger partial charge in [-0.05, 0) is 6.92 Å². The van der Waals surface area contributed by atoms with E-state index in [1.54, 1.807) is 6.92 Å². The highest BCUT2D eigenvalue weighted by Gasteiger charge is 2.24. The number of hydrogen-bond donors (Lipinski definition) is 1. The van der Waals surface area contributed by atoms with E-state index in [1.807, 2.05) is 0 Å². The molecule has 3 aromatic rings. The highest BCUT2D eigenvalue weighted by molar-refractivity contribution is 6.33. The van der Waals surface area contributed by atoms with E-state index in [-0.39, 0.29) is 22.3 Å². The summed E-state index contributed by atoms with van der Waals surface area (Å²) in [6.07, 6.45) is 1.21. The molecule has 3 rings (SSSR count). The lowest BCUT2D eigenvalue weighted by Crippen LogP contribution is -2.08. The number of benzene rings is 1. The second-order valence-corrected chi connectivity index (χ2v) is 5.11. The first-order valence-corrected chi connectivity index (χ1v) is 6.73. The molecule has 2 heterocycles. The Labute approximate surface area is 133 Å². The van der Waals surface area contributed by atoms with Crippen LogP contribution in [0.1, 0.15) is 6.92 Å². The Morgan fingerprint density at radius 2 is 1.87 bits per heavy atom. The normalized spacial score (nSPS) is 11.0. The second kappa shape index (κ2) is 5.54. The molecule has 0 atom stereocenters. The highest BCUT2D eigenvalue weighted by atomic mass is 35.5. The molecular weight excluding hydrogens is 331 g/mol. The molecule has 118 valence electrons. The molecule has 0 bridgehead atoms. The van der Waals surface area contributed by atoms with Crippen LogP contribution >= 0.6 is 11.6 Å². The van der Waals surface area contributed by atoms with Gasteiger partial charge in [0, 0.05) is 17.8 Å². The van der Waals surface area contributed by atoms with Crippen LogP contribution in [0.4, 0.5) is 19.0 Å². The zero-order valence-corrected chi connectivity index (χ0v) is 12.5. The summed E-state index contributed by atoms with van der Waals surface area (Å²) in [6, 6.07) is 1.12. The van der Waals surface area contributed by atoms with Crippen molar-refractivity contribution in [2.45, 2.75) is 6.92 Å². The Bertz CT molecular complexity index is 915. The molecular formula is C14H9ClF3N5. The van der Waals surface area contributed by atoms with Crippen LogP contribution in [0.5, 0.6) is 0 Å². The average molecular weight is 340 g/mol. The quantitative estimate of drug-likeness (QED) is 0.737. The molecule has 1 N–H and O–H groups in total. The lowest BCUT2D eigenvalue weighted by Gasteiger charge is -2.15. The van der Waals surface area contributed by atoms with Crippen LogP contribution in [0.25, 0.3) is 16.9 Å². The molecule has 9 heteroatoms. The maximum atomic E-state index is 14.2. The first-order chi connectivity index (χ1) is 10.9. The van der Waals surface area contributed by atoms with E-state index in [4.69, 9.17) is 11.6 Å². The molecule has 0 fully saturated rings. The van der Waals surface area contributed by atoms with Gasteiger partial charge in [0.1, 0.15) is 34.7 Å². The van der Waals surface area contributed by atoms with Gasteiger partial charge in [-0.2, -0.15) is 19.6 Å². The first kappa shape index (κ1) is 15.3. The maximum Gasteiger partial charge on any atom is 0.255 e. The molecule has 0 aliphatic carbocycles. The number of nitrogens with zero attached hydrogens (tertiary/aromatic N) is 4. The predicted octanol–water partition coefficient (Wildman–Crippen LogP) is 3.81. The number of anilines is 1. The van der Waals surface area contributed by atoms with Crippen molar-refractivity contribution in [1.29, 1.82) is 0 Å². The molecule has 5 nitrogen and oxygen atoms in total. The highest BCUT2D eigenvalue weighted by Crippen LogP contribution is 2.37. The molecule has 0 aliphatic rings. The molecule has 2 aromatic heterocycles. The largest absolute Gasteiger partial charge is 0.344 e. The topological polar surface area (TPSA) is 55.1 Å². The minimum Gasteiger partial charge on any atom is -0.344 e. The number of rotatable bonds is 3. The zero-order chi connectivity index (χ0) is 16.7. The van der Waals surface area contributed by atoms with Crippen LogP contribution in [-0.2, 0) is 0 Å². The third-order valence-corrected chi connectivity index (χ3v) is 3.24. The smallest absolute Gasteiger partial charge is 0.255 e. The van der Waals surface area contributed by atoms with Gasteiger partial charge in [0.05, 0.1) is 11.1 Å². The van der Waals surface area contributed by atoms with Gasteiger partial charge in [0.25, 0.3) is 5.78 Å². The number of allylic oxidation sites excluding steroid dienone is 1. The van der Waals surface area contributed by atoms with Crippen LogP contribution in [-0.4, -0.2) is 19.6 Å². The molecule has 23 heavy (non-hydrogen) atoms. The summed E-state index contributed by atoms with van der Waals surface area (Å²) in [6.45, 7) is 5.32. The number of halogens is 4. The molecule has 0 spiro atoms. The van der Waals surface area contributed by atoms with Crippen LogP contribution in [0, 0.1) is 17.5 Å². The molecule has 0 amide bonds. The van der Waals surface area contributed by atoms with E-state index in [2.05, 4.69) is 27.0 Å². The fourth-order valence-corrected chi connectivity index (χ4v) is 2.40. The Morgan fingerprint density at radius 1 is 1.22 bits per heavy atom. The van der Waals surface area contributed by atoms with Gasteiger partial charge in [-0.3, -0.25) is 0 Å². The minimum atomic E-state index is -1.12. The summed E-state index contributed by atoms with van der Waals surface area (Å²) in [4.78, 5) is 7.82. The van der Waals surface area contributed by atoms with Crippen LogP contribution in [0.15, 0.2) is 30.7 Å². The van der Waals surface area contributed by atoms with Gasteiger partial charge in [-0.1, -0.05) is 18.2 Å². The molecule has 1 aromatic carbocycles. The van der Waals surface area contributed by atoms with Crippen LogP contribution < -0.4 is 5.32 Å². The zero-order valence-electron chi connectivity index (χ0n) is 11.7. The molecule has 0 aliphatic heterocycles. The Balaban J connectivity index is 2.41. The van der Waals surface area contributed by atoms with Gasteiger partial charge in [-0.15, -0.1) is 0 Å². The standard InChI is InChI=1S/C14H9ClF3N5/c1-6(2)21-13-11(10-8(17)3-7(16)4-9(10)18)12(15)22-14-19-5-20-23(13)14/h3-5,21H,1H2,2H3. The summed E-state index contributed by atoms with van der Waals surface area (Å²) in [7, 11) is 0. The maximum absolute atomic E-state index is 14.2. The van der Waals surface area contributed by atoms with Gasteiger partial charge in [0.15, 0.2) is 0 Å². The fourth-order valence-electron chi connectivity index (χ4n) is 2.14. The SMILES string of the molecule is C=C(C)Nc1c(-c2c(F)cc(F)cc2F)c(Cl)nc2ncnn12.